The van der Waals surface area contributed by atoms with Gasteiger partial charge in [-0.3, -0.25) is 4.79 Å². The first kappa shape index (κ1) is 26.4. The third-order valence-corrected chi connectivity index (χ3v) is 6.18. The molecule has 0 radical (unpaired) electrons. The number of carbonyl (C=O) groups is 1. The monoisotopic (exact) mass is 602 g/mol. The fourth-order valence-corrected chi connectivity index (χ4v) is 4.16. The average molecular weight is 603 g/mol. The lowest BCUT2D eigenvalue weighted by Crippen LogP contribution is -2.20. The summed E-state index contributed by atoms with van der Waals surface area (Å²) < 4.78 is 17.5. The number of nitrogens with one attached hydrogen (secondary N) is 1. The van der Waals surface area contributed by atoms with Crippen LogP contribution in [-0.4, -0.2) is 26.2 Å². The lowest BCUT2D eigenvalue weighted by atomic mass is 10.0. The van der Waals surface area contributed by atoms with Crippen LogP contribution in [0, 0.1) is 21.8 Å². The first-order valence-corrected chi connectivity index (χ1v) is 12.2. The summed E-state index contributed by atoms with van der Waals surface area (Å²) in [5.74, 6) is 1.35. The molecule has 180 valence electrons. The first-order chi connectivity index (χ1) is 16.8. The summed E-state index contributed by atoms with van der Waals surface area (Å²) >= 11 is 8.26. The highest BCUT2D eigenvalue weighted by molar-refractivity contribution is 14.1. The molecule has 1 N–H and O–H groups in total. The third kappa shape index (κ3) is 7.13. The maximum atomic E-state index is 12.4. The van der Waals surface area contributed by atoms with E-state index in [0.29, 0.717) is 34.4 Å². The van der Waals surface area contributed by atoms with Gasteiger partial charge in [-0.05, 0) is 108 Å². The molecule has 0 spiro atoms. The number of rotatable bonds is 9. The van der Waals surface area contributed by atoms with Gasteiger partial charge in [0.2, 0.25) is 0 Å². The van der Waals surface area contributed by atoms with Crippen LogP contribution in [0.15, 0.2) is 54.6 Å². The molecular formula is C27H24ClIN2O4. The Morgan fingerprint density at radius 2 is 1.89 bits per heavy atom. The zero-order chi connectivity index (χ0) is 25.4. The van der Waals surface area contributed by atoms with Crippen LogP contribution in [-0.2, 0) is 4.79 Å². The Balaban J connectivity index is 1.80. The molecule has 8 heteroatoms. The number of ether oxygens (including phenoxy) is 3. The Hall–Kier alpha value is -3.22. The highest BCUT2D eigenvalue weighted by atomic mass is 127. The highest BCUT2D eigenvalue weighted by Gasteiger charge is 2.15. The normalized spacial score (nSPS) is 10.9. The van der Waals surface area contributed by atoms with Gasteiger partial charge in [0.25, 0.3) is 5.91 Å². The number of halogens is 2. The standard InChI is InChI=1S/C27H24ClIN2O4/c1-4-34-25-13-18(11-20(15-30)19-6-9-22(33-3)10-7-19)12-24(29)27(25)35-16-26(32)31-21-8-5-17(2)23(28)14-21/h5-14H,4,16H2,1-3H3,(H,31,32)/b20-11+. The summed E-state index contributed by atoms with van der Waals surface area (Å²) in [7, 11) is 1.60. The molecule has 3 rings (SSSR count). The average Bonchev–Trinajstić information content (AvgIpc) is 2.84. The van der Waals surface area contributed by atoms with Gasteiger partial charge >= 0.3 is 0 Å². The highest BCUT2D eigenvalue weighted by Crippen LogP contribution is 2.35. The molecule has 0 aliphatic rings. The van der Waals surface area contributed by atoms with Crippen molar-refractivity contribution in [1.29, 1.82) is 5.26 Å². The lowest BCUT2D eigenvalue weighted by Gasteiger charge is -2.15. The zero-order valence-electron chi connectivity index (χ0n) is 19.5. The molecule has 0 saturated heterocycles. The van der Waals surface area contributed by atoms with Crippen molar-refractivity contribution in [2.24, 2.45) is 0 Å². The Morgan fingerprint density at radius 3 is 2.51 bits per heavy atom. The Bertz CT molecular complexity index is 1280. The van der Waals surface area contributed by atoms with E-state index in [9.17, 15) is 10.1 Å². The fourth-order valence-electron chi connectivity index (χ4n) is 3.20. The van der Waals surface area contributed by atoms with E-state index in [0.717, 1.165) is 26.0 Å². The Morgan fingerprint density at radius 1 is 1.14 bits per heavy atom. The summed E-state index contributed by atoms with van der Waals surface area (Å²) in [5, 5.41) is 13.1. The molecule has 0 fully saturated rings. The molecule has 0 atom stereocenters. The Kier molecular flexibility index (Phi) is 9.40. The SMILES string of the molecule is CCOc1cc(/C=C(\C#N)c2ccc(OC)cc2)cc(I)c1OCC(=O)Nc1ccc(C)c(Cl)c1. The van der Waals surface area contributed by atoms with Gasteiger partial charge in [0, 0.05) is 10.7 Å². The van der Waals surface area contributed by atoms with Gasteiger partial charge < -0.3 is 19.5 Å². The van der Waals surface area contributed by atoms with Gasteiger partial charge in [-0.1, -0.05) is 17.7 Å². The van der Waals surface area contributed by atoms with E-state index in [4.69, 9.17) is 25.8 Å². The van der Waals surface area contributed by atoms with Gasteiger partial charge in [0.05, 0.1) is 28.9 Å². The van der Waals surface area contributed by atoms with Crippen molar-refractivity contribution >= 4 is 57.4 Å². The number of amides is 1. The van der Waals surface area contributed by atoms with Crippen LogP contribution in [0.2, 0.25) is 5.02 Å². The van der Waals surface area contributed by atoms with Crippen molar-refractivity contribution in [2.75, 3.05) is 25.6 Å². The van der Waals surface area contributed by atoms with Gasteiger partial charge in [0.15, 0.2) is 18.1 Å². The molecule has 0 aromatic heterocycles. The van der Waals surface area contributed by atoms with Crippen molar-refractivity contribution < 1.29 is 19.0 Å². The van der Waals surface area contributed by atoms with Crippen molar-refractivity contribution in [2.45, 2.75) is 13.8 Å². The number of benzene rings is 3. The number of aryl methyl sites for hydroxylation is 1. The molecule has 6 nitrogen and oxygen atoms in total. The largest absolute Gasteiger partial charge is 0.497 e. The third-order valence-electron chi connectivity index (χ3n) is 4.97. The van der Waals surface area contributed by atoms with Gasteiger partial charge in [0.1, 0.15) is 5.75 Å². The summed E-state index contributed by atoms with van der Waals surface area (Å²) in [5.41, 5.74) is 3.57. The fraction of sp³-hybridized carbons (Fsp3) is 0.185. The number of nitriles is 1. The number of allylic oxidation sites excluding steroid dienone is 1. The Labute approximate surface area is 223 Å². The molecular weight excluding hydrogens is 579 g/mol. The van der Waals surface area contributed by atoms with Crippen molar-refractivity contribution in [3.63, 3.8) is 0 Å². The van der Waals surface area contributed by atoms with Gasteiger partial charge in [-0.2, -0.15) is 5.26 Å². The summed E-state index contributed by atoms with van der Waals surface area (Å²) in [6, 6.07) is 18.5. The molecule has 0 unspecified atom stereocenters. The van der Waals surface area contributed by atoms with Crippen LogP contribution < -0.4 is 19.5 Å². The minimum atomic E-state index is -0.321. The van der Waals surface area contributed by atoms with Crippen molar-refractivity contribution in [3.8, 4) is 23.3 Å². The molecule has 1 amide bonds. The molecule has 0 bridgehead atoms. The maximum absolute atomic E-state index is 12.4. The van der Waals surface area contributed by atoms with Crippen LogP contribution in [0.3, 0.4) is 0 Å². The van der Waals surface area contributed by atoms with Crippen LogP contribution in [0.4, 0.5) is 5.69 Å². The minimum absolute atomic E-state index is 0.202. The topological polar surface area (TPSA) is 80.6 Å². The van der Waals surface area contributed by atoms with Gasteiger partial charge in [-0.15, -0.1) is 0 Å². The van der Waals surface area contributed by atoms with Crippen LogP contribution in [0.1, 0.15) is 23.6 Å². The number of hydrogen-bond acceptors (Lipinski definition) is 5. The molecule has 0 saturated carbocycles. The second kappa shape index (κ2) is 12.5. The number of methoxy groups -OCH3 is 1. The van der Waals surface area contributed by atoms with Crippen molar-refractivity contribution in [1.82, 2.24) is 0 Å². The summed E-state index contributed by atoms with van der Waals surface area (Å²) in [6.45, 7) is 3.97. The van der Waals surface area contributed by atoms with Crippen LogP contribution in [0.25, 0.3) is 11.6 Å². The first-order valence-electron chi connectivity index (χ1n) is 10.8. The zero-order valence-corrected chi connectivity index (χ0v) is 22.4. The quantitative estimate of drug-likeness (QED) is 0.167. The number of nitrogens with zero attached hydrogens (tertiary/aromatic N) is 1. The molecule has 0 aliphatic heterocycles. The molecule has 0 aliphatic carbocycles. The molecule has 3 aromatic rings. The van der Waals surface area contributed by atoms with Crippen molar-refractivity contribution in [3.05, 3.63) is 79.9 Å². The van der Waals surface area contributed by atoms with E-state index in [-0.39, 0.29) is 12.5 Å². The van der Waals surface area contributed by atoms with E-state index in [2.05, 4.69) is 34.0 Å². The molecule has 0 heterocycles. The van der Waals surface area contributed by atoms with Gasteiger partial charge in [-0.25, -0.2) is 0 Å². The smallest absolute Gasteiger partial charge is 0.262 e. The van der Waals surface area contributed by atoms with E-state index in [1.54, 1.807) is 31.4 Å². The predicted octanol–water partition coefficient (Wildman–Crippen LogP) is 6.74. The number of hydrogen-bond donors (Lipinski definition) is 1. The predicted molar refractivity (Wildman–Crippen MR) is 147 cm³/mol. The summed E-state index contributed by atoms with van der Waals surface area (Å²) in [6.07, 6.45) is 1.78. The molecule has 35 heavy (non-hydrogen) atoms. The van der Waals surface area contributed by atoms with E-state index in [1.165, 1.54) is 0 Å². The van der Waals surface area contributed by atoms with E-state index in [1.807, 2.05) is 50.2 Å². The second-order valence-corrected chi connectivity index (χ2v) is 9.03. The molecule has 3 aromatic carbocycles. The lowest BCUT2D eigenvalue weighted by molar-refractivity contribution is -0.118. The maximum Gasteiger partial charge on any atom is 0.262 e. The number of carbonyl (C=O) groups excluding carboxylic acids is 1. The minimum Gasteiger partial charge on any atom is -0.497 e. The summed E-state index contributed by atoms with van der Waals surface area (Å²) in [4.78, 5) is 12.4. The van der Waals surface area contributed by atoms with E-state index >= 15 is 0 Å². The van der Waals surface area contributed by atoms with Crippen LogP contribution in [0.5, 0.6) is 17.2 Å². The second-order valence-electron chi connectivity index (χ2n) is 7.46. The van der Waals surface area contributed by atoms with E-state index < -0.39 is 0 Å². The van der Waals surface area contributed by atoms with Crippen LogP contribution >= 0.6 is 34.2 Å². The number of anilines is 1.